The third-order valence-electron chi connectivity index (χ3n) is 2.55. The molecule has 1 N–H and O–H groups in total. The van der Waals surface area contributed by atoms with Gasteiger partial charge in [-0.2, -0.15) is 0 Å². The first-order chi connectivity index (χ1) is 8.40. The number of pyridine rings is 1. The number of hydrogen-bond acceptors (Lipinski definition) is 4. The van der Waals surface area contributed by atoms with Crippen LogP contribution >= 0.6 is 11.3 Å². The summed E-state index contributed by atoms with van der Waals surface area (Å²) in [6.45, 7) is 3.18. The highest BCUT2D eigenvalue weighted by molar-refractivity contribution is 7.09. The fraction of sp³-hybridized carbons (Fsp3) is 0.385. The molecule has 1 atom stereocenters. The molecule has 0 aromatic carbocycles. The maximum atomic E-state index is 4.43. The maximum absolute atomic E-state index is 4.43. The Balaban J connectivity index is 2.08. The lowest BCUT2D eigenvalue weighted by Crippen LogP contribution is -2.24. The fourth-order valence-electron chi connectivity index (χ4n) is 1.71. The van der Waals surface area contributed by atoms with Crippen LogP contribution in [0.3, 0.4) is 0 Å². The zero-order valence-corrected chi connectivity index (χ0v) is 10.8. The number of nitrogens with one attached hydrogen (secondary N) is 1. The highest BCUT2D eigenvalue weighted by atomic mass is 32.1. The summed E-state index contributed by atoms with van der Waals surface area (Å²) in [6, 6.07) is 6.32. The molecule has 0 aliphatic carbocycles. The quantitative estimate of drug-likeness (QED) is 0.853. The van der Waals surface area contributed by atoms with Gasteiger partial charge >= 0.3 is 0 Å². The largest absolute Gasteiger partial charge is 0.308 e. The van der Waals surface area contributed by atoms with Crippen molar-refractivity contribution in [2.75, 3.05) is 6.54 Å². The average Bonchev–Trinajstić information content (AvgIpc) is 2.88. The average molecular weight is 247 g/mol. The van der Waals surface area contributed by atoms with Crippen LogP contribution in [-0.2, 0) is 6.42 Å². The number of aromatic nitrogens is 2. The Morgan fingerprint density at radius 1 is 1.29 bits per heavy atom. The van der Waals surface area contributed by atoms with Crippen LogP contribution in [0.5, 0.6) is 0 Å². The maximum Gasteiger partial charge on any atom is 0.0944 e. The van der Waals surface area contributed by atoms with Crippen molar-refractivity contribution in [1.82, 2.24) is 15.3 Å². The topological polar surface area (TPSA) is 37.8 Å². The third kappa shape index (κ3) is 3.61. The van der Waals surface area contributed by atoms with Gasteiger partial charge in [0, 0.05) is 24.2 Å². The number of nitrogens with zero attached hydrogens (tertiary/aromatic N) is 2. The summed E-state index contributed by atoms with van der Waals surface area (Å²) in [5.41, 5.74) is 1.09. The van der Waals surface area contributed by atoms with Gasteiger partial charge in [0.2, 0.25) is 0 Å². The molecule has 0 saturated heterocycles. The van der Waals surface area contributed by atoms with Crippen LogP contribution in [0.1, 0.15) is 30.1 Å². The van der Waals surface area contributed by atoms with Crippen molar-refractivity contribution in [3.05, 3.63) is 46.7 Å². The van der Waals surface area contributed by atoms with E-state index in [0.717, 1.165) is 30.1 Å². The van der Waals surface area contributed by atoms with Gasteiger partial charge in [-0.3, -0.25) is 4.98 Å². The predicted octanol–water partition coefficient (Wildman–Crippen LogP) is 2.82. The molecule has 0 radical (unpaired) electrons. The molecule has 0 bridgehead atoms. The van der Waals surface area contributed by atoms with Crippen molar-refractivity contribution >= 4 is 11.3 Å². The lowest BCUT2D eigenvalue weighted by Gasteiger charge is -2.16. The second kappa shape index (κ2) is 6.47. The lowest BCUT2D eigenvalue weighted by molar-refractivity contribution is 0.517. The van der Waals surface area contributed by atoms with E-state index in [1.54, 1.807) is 11.3 Å². The lowest BCUT2D eigenvalue weighted by atomic mass is 10.1. The highest BCUT2D eigenvalue weighted by Gasteiger charge is 2.13. The van der Waals surface area contributed by atoms with Crippen molar-refractivity contribution in [3.8, 4) is 0 Å². The van der Waals surface area contributed by atoms with E-state index in [1.807, 2.05) is 29.9 Å². The van der Waals surface area contributed by atoms with Crippen molar-refractivity contribution in [1.29, 1.82) is 0 Å². The molecule has 17 heavy (non-hydrogen) atoms. The Morgan fingerprint density at radius 3 is 2.88 bits per heavy atom. The van der Waals surface area contributed by atoms with Gasteiger partial charge in [0.15, 0.2) is 0 Å². The molecule has 0 aliphatic rings. The first-order valence-electron chi connectivity index (χ1n) is 5.93. The molecule has 2 heterocycles. The standard InChI is InChI=1S/C13H17N3S/c1-2-6-14-12(10-13-16-8-9-17-13)11-5-3-4-7-15-11/h3-5,7-9,12,14H,2,6,10H2,1H3. The van der Waals surface area contributed by atoms with Gasteiger partial charge in [0.05, 0.1) is 16.7 Å². The zero-order valence-electron chi connectivity index (χ0n) is 9.97. The van der Waals surface area contributed by atoms with Gasteiger partial charge in [-0.05, 0) is 25.1 Å². The molecule has 0 aliphatic heterocycles. The number of thiazole rings is 1. The van der Waals surface area contributed by atoms with Crippen LogP contribution in [0.2, 0.25) is 0 Å². The van der Waals surface area contributed by atoms with Crippen molar-refractivity contribution in [2.24, 2.45) is 0 Å². The molecule has 1 unspecified atom stereocenters. The monoisotopic (exact) mass is 247 g/mol. The van der Waals surface area contributed by atoms with E-state index >= 15 is 0 Å². The molecule has 3 nitrogen and oxygen atoms in total. The van der Waals surface area contributed by atoms with Crippen LogP contribution in [0, 0.1) is 0 Å². The SMILES string of the molecule is CCCNC(Cc1nccs1)c1ccccn1. The summed E-state index contributed by atoms with van der Waals surface area (Å²) in [5, 5.41) is 6.70. The van der Waals surface area contributed by atoms with E-state index < -0.39 is 0 Å². The van der Waals surface area contributed by atoms with Gasteiger partial charge < -0.3 is 5.32 Å². The smallest absolute Gasteiger partial charge is 0.0944 e. The van der Waals surface area contributed by atoms with E-state index in [2.05, 4.69) is 28.3 Å². The summed E-state index contributed by atoms with van der Waals surface area (Å²) in [7, 11) is 0. The van der Waals surface area contributed by atoms with Crippen molar-refractivity contribution in [2.45, 2.75) is 25.8 Å². The fourth-order valence-corrected chi connectivity index (χ4v) is 2.37. The minimum Gasteiger partial charge on any atom is -0.308 e. The first-order valence-corrected chi connectivity index (χ1v) is 6.80. The number of hydrogen-bond donors (Lipinski definition) is 1. The first kappa shape index (κ1) is 12.2. The van der Waals surface area contributed by atoms with Crippen molar-refractivity contribution in [3.63, 3.8) is 0 Å². The van der Waals surface area contributed by atoms with Crippen LogP contribution < -0.4 is 5.32 Å². The normalized spacial score (nSPS) is 12.5. The summed E-state index contributed by atoms with van der Waals surface area (Å²) in [5.74, 6) is 0. The van der Waals surface area contributed by atoms with Crippen molar-refractivity contribution < 1.29 is 0 Å². The summed E-state index contributed by atoms with van der Waals surface area (Å²) in [6.07, 6.45) is 5.74. The Bertz CT molecular complexity index is 413. The highest BCUT2D eigenvalue weighted by Crippen LogP contribution is 2.17. The Morgan fingerprint density at radius 2 is 2.24 bits per heavy atom. The van der Waals surface area contributed by atoms with Gasteiger partial charge in [-0.15, -0.1) is 11.3 Å². The molecular weight excluding hydrogens is 230 g/mol. The van der Waals surface area contributed by atoms with Crippen LogP contribution in [-0.4, -0.2) is 16.5 Å². The van der Waals surface area contributed by atoms with E-state index in [0.29, 0.717) is 0 Å². The van der Waals surface area contributed by atoms with Crippen LogP contribution in [0.15, 0.2) is 36.0 Å². The van der Waals surface area contributed by atoms with E-state index in [9.17, 15) is 0 Å². The van der Waals surface area contributed by atoms with Gasteiger partial charge in [-0.25, -0.2) is 4.98 Å². The van der Waals surface area contributed by atoms with Crippen LogP contribution in [0.4, 0.5) is 0 Å². The Kier molecular flexibility index (Phi) is 4.64. The Hall–Kier alpha value is -1.26. The molecule has 0 spiro atoms. The van der Waals surface area contributed by atoms with E-state index in [-0.39, 0.29) is 6.04 Å². The summed E-state index contributed by atoms with van der Waals surface area (Å²) >= 11 is 1.70. The number of rotatable bonds is 6. The molecule has 2 rings (SSSR count). The third-order valence-corrected chi connectivity index (χ3v) is 3.35. The summed E-state index contributed by atoms with van der Waals surface area (Å²) < 4.78 is 0. The molecule has 90 valence electrons. The molecule has 0 amide bonds. The van der Waals surface area contributed by atoms with Crippen LogP contribution in [0.25, 0.3) is 0 Å². The molecule has 0 fully saturated rings. The molecule has 0 saturated carbocycles. The minimum absolute atomic E-state index is 0.266. The minimum atomic E-state index is 0.266. The van der Waals surface area contributed by atoms with Gasteiger partial charge in [0.1, 0.15) is 0 Å². The predicted molar refractivity (Wildman–Crippen MR) is 71.1 cm³/mol. The van der Waals surface area contributed by atoms with Gasteiger partial charge in [-0.1, -0.05) is 13.0 Å². The van der Waals surface area contributed by atoms with E-state index in [1.165, 1.54) is 0 Å². The Labute approximate surface area is 106 Å². The molecule has 2 aromatic rings. The van der Waals surface area contributed by atoms with E-state index in [4.69, 9.17) is 0 Å². The molecular formula is C13H17N3S. The zero-order chi connectivity index (χ0) is 11.9. The summed E-state index contributed by atoms with van der Waals surface area (Å²) in [4.78, 5) is 8.77. The second-order valence-corrected chi connectivity index (χ2v) is 4.87. The van der Waals surface area contributed by atoms with Gasteiger partial charge in [0.25, 0.3) is 0 Å². The molecule has 4 heteroatoms. The molecule has 2 aromatic heterocycles. The second-order valence-electron chi connectivity index (χ2n) is 3.89.